The molecular weight excluding hydrogens is 256 g/mol. The third kappa shape index (κ3) is 4.11. The van der Waals surface area contributed by atoms with Crippen LogP contribution >= 0.6 is 0 Å². The molecule has 0 saturated carbocycles. The predicted octanol–water partition coefficient (Wildman–Crippen LogP) is -1.09. The molecule has 8 nitrogen and oxygen atoms in total. The third-order valence-corrected chi connectivity index (χ3v) is 2.28. The van der Waals surface area contributed by atoms with Crippen LogP contribution in [0.25, 0.3) is 0 Å². The normalized spacial score (nSPS) is 11.7. The molecule has 8 heteroatoms. The Balaban J connectivity index is 2.52. The Hall–Kier alpha value is -2.35. The van der Waals surface area contributed by atoms with E-state index in [1.54, 1.807) is 0 Å². The number of likely N-dealkylation sites (N-methyl/N-ethyl adjacent to an activating group) is 1. The first-order valence-corrected chi connectivity index (χ1v) is 5.37. The summed E-state index contributed by atoms with van der Waals surface area (Å²) in [4.78, 5) is 34.9. The lowest BCUT2D eigenvalue weighted by molar-refractivity contribution is -0.143. The van der Waals surface area contributed by atoms with E-state index in [1.807, 2.05) is 0 Å². The summed E-state index contributed by atoms with van der Waals surface area (Å²) in [7, 11) is 1.37. The van der Waals surface area contributed by atoms with Crippen molar-refractivity contribution < 1.29 is 29.0 Å². The highest BCUT2D eigenvalue weighted by Crippen LogP contribution is 2.03. The van der Waals surface area contributed by atoms with Gasteiger partial charge >= 0.3 is 5.97 Å². The van der Waals surface area contributed by atoms with Gasteiger partial charge in [-0.25, -0.2) is 4.79 Å². The Morgan fingerprint density at radius 3 is 2.63 bits per heavy atom. The fraction of sp³-hybridized carbons (Fsp3) is 0.364. The molecule has 1 atom stereocenters. The Bertz CT molecular complexity index is 456. The van der Waals surface area contributed by atoms with Crippen LogP contribution in [0.5, 0.6) is 0 Å². The molecule has 0 saturated heterocycles. The molecule has 1 aromatic rings. The van der Waals surface area contributed by atoms with E-state index in [0.717, 1.165) is 4.90 Å². The van der Waals surface area contributed by atoms with Crippen molar-refractivity contribution in [3.63, 3.8) is 0 Å². The quantitative estimate of drug-likeness (QED) is 0.604. The number of nitrogens with zero attached hydrogens (tertiary/aromatic N) is 1. The van der Waals surface area contributed by atoms with E-state index in [0.29, 0.717) is 0 Å². The van der Waals surface area contributed by atoms with Gasteiger partial charge in [0.2, 0.25) is 5.91 Å². The number of amides is 2. The summed E-state index contributed by atoms with van der Waals surface area (Å²) in [6.45, 7) is -1.07. The second kappa shape index (κ2) is 6.55. The van der Waals surface area contributed by atoms with Crippen LogP contribution in [0.1, 0.15) is 10.6 Å². The molecule has 1 heterocycles. The van der Waals surface area contributed by atoms with Crippen molar-refractivity contribution in [1.82, 2.24) is 10.2 Å². The summed E-state index contributed by atoms with van der Waals surface area (Å²) < 4.78 is 4.88. The number of rotatable bonds is 6. The number of carbonyl (C=O) groups is 3. The van der Waals surface area contributed by atoms with Crippen molar-refractivity contribution >= 4 is 17.8 Å². The smallest absolute Gasteiger partial charge is 0.328 e. The maximum Gasteiger partial charge on any atom is 0.328 e. The fourth-order valence-electron chi connectivity index (χ4n) is 1.30. The number of furan rings is 1. The summed E-state index contributed by atoms with van der Waals surface area (Å²) >= 11 is 0. The van der Waals surface area contributed by atoms with E-state index >= 15 is 0 Å². The lowest BCUT2D eigenvalue weighted by atomic mass is 10.3. The first-order valence-electron chi connectivity index (χ1n) is 5.37. The van der Waals surface area contributed by atoms with Gasteiger partial charge in [0, 0.05) is 7.05 Å². The van der Waals surface area contributed by atoms with E-state index in [9.17, 15) is 14.4 Å². The SMILES string of the molecule is CN(CC(=O)N[C@H](CO)C(=O)O)C(=O)c1ccco1. The highest BCUT2D eigenvalue weighted by atomic mass is 16.4. The van der Waals surface area contributed by atoms with Crippen molar-refractivity contribution in [1.29, 1.82) is 0 Å². The van der Waals surface area contributed by atoms with Gasteiger partial charge in [0.25, 0.3) is 5.91 Å². The first-order chi connectivity index (χ1) is 8.95. The fourth-order valence-corrected chi connectivity index (χ4v) is 1.30. The van der Waals surface area contributed by atoms with Gasteiger partial charge in [0.15, 0.2) is 5.76 Å². The maximum atomic E-state index is 11.7. The molecule has 2 amide bonds. The van der Waals surface area contributed by atoms with E-state index in [4.69, 9.17) is 14.6 Å². The highest BCUT2D eigenvalue weighted by molar-refractivity contribution is 5.94. The van der Waals surface area contributed by atoms with Crippen molar-refractivity contribution in [2.75, 3.05) is 20.2 Å². The number of hydrogen-bond acceptors (Lipinski definition) is 5. The second-order valence-electron chi connectivity index (χ2n) is 3.78. The predicted molar refractivity (Wildman–Crippen MR) is 62.3 cm³/mol. The number of carboxylic acids is 1. The van der Waals surface area contributed by atoms with Crippen LogP contribution in [0.4, 0.5) is 0 Å². The van der Waals surface area contributed by atoms with Crippen LogP contribution in [0.3, 0.4) is 0 Å². The van der Waals surface area contributed by atoms with E-state index < -0.39 is 30.4 Å². The van der Waals surface area contributed by atoms with Gasteiger partial charge in [-0.1, -0.05) is 0 Å². The molecule has 0 aliphatic rings. The van der Waals surface area contributed by atoms with Crippen molar-refractivity contribution in [3.05, 3.63) is 24.2 Å². The summed E-state index contributed by atoms with van der Waals surface area (Å²) in [5, 5.41) is 19.5. The molecule has 0 spiro atoms. The Labute approximate surface area is 108 Å². The molecule has 3 N–H and O–H groups in total. The van der Waals surface area contributed by atoms with Crippen molar-refractivity contribution in [3.8, 4) is 0 Å². The zero-order valence-electron chi connectivity index (χ0n) is 10.2. The lowest BCUT2D eigenvalue weighted by Crippen LogP contribution is -2.47. The molecule has 104 valence electrons. The van der Waals surface area contributed by atoms with E-state index in [1.165, 1.54) is 25.4 Å². The number of aliphatic hydroxyl groups excluding tert-OH is 1. The Kier molecular flexibility index (Phi) is 5.07. The van der Waals surface area contributed by atoms with Crippen LogP contribution in [0, 0.1) is 0 Å². The lowest BCUT2D eigenvalue weighted by Gasteiger charge is -2.17. The summed E-state index contributed by atoms with van der Waals surface area (Å²) in [5.41, 5.74) is 0. The van der Waals surface area contributed by atoms with Crippen molar-refractivity contribution in [2.45, 2.75) is 6.04 Å². The third-order valence-electron chi connectivity index (χ3n) is 2.28. The van der Waals surface area contributed by atoms with Crippen LogP contribution in [0.15, 0.2) is 22.8 Å². The zero-order valence-corrected chi connectivity index (χ0v) is 10.2. The van der Waals surface area contributed by atoms with Gasteiger partial charge in [0.05, 0.1) is 19.4 Å². The standard InChI is InChI=1S/C11H14N2O6/c1-13(10(16)8-3-2-4-19-8)5-9(15)12-7(6-14)11(17)18/h2-4,7,14H,5-6H2,1H3,(H,12,15)(H,17,18)/t7-/m1/s1. The molecule has 0 bridgehead atoms. The number of nitrogens with one attached hydrogen (secondary N) is 1. The summed E-state index contributed by atoms with van der Waals surface area (Å²) in [6, 6.07) is 1.59. The van der Waals surface area contributed by atoms with Crippen LogP contribution in [0.2, 0.25) is 0 Å². The van der Waals surface area contributed by atoms with Gasteiger partial charge in [0.1, 0.15) is 6.04 Å². The topological polar surface area (TPSA) is 120 Å². The molecule has 0 aliphatic carbocycles. The number of aliphatic hydroxyl groups is 1. The minimum Gasteiger partial charge on any atom is -0.480 e. The molecule has 0 unspecified atom stereocenters. The molecule has 0 fully saturated rings. The largest absolute Gasteiger partial charge is 0.480 e. The molecule has 1 rings (SSSR count). The van der Waals surface area contributed by atoms with Gasteiger partial charge < -0.3 is 24.8 Å². The average Bonchev–Trinajstić information content (AvgIpc) is 2.88. The number of carbonyl (C=O) groups excluding carboxylic acids is 2. The summed E-state index contributed by atoms with van der Waals surface area (Å²) in [6.07, 6.45) is 1.33. The minimum absolute atomic E-state index is 0.0762. The maximum absolute atomic E-state index is 11.7. The summed E-state index contributed by atoms with van der Waals surface area (Å²) in [5.74, 6) is -2.47. The van der Waals surface area contributed by atoms with Gasteiger partial charge in [-0.05, 0) is 12.1 Å². The van der Waals surface area contributed by atoms with Crippen LogP contribution in [-0.4, -0.2) is 59.1 Å². The highest BCUT2D eigenvalue weighted by Gasteiger charge is 2.21. The Morgan fingerprint density at radius 2 is 2.16 bits per heavy atom. The Morgan fingerprint density at radius 1 is 1.47 bits per heavy atom. The van der Waals surface area contributed by atoms with Gasteiger partial charge in [-0.15, -0.1) is 0 Å². The molecule has 1 aromatic heterocycles. The molecule has 0 radical (unpaired) electrons. The van der Waals surface area contributed by atoms with Crippen LogP contribution in [-0.2, 0) is 9.59 Å². The molecular formula is C11H14N2O6. The number of hydrogen-bond donors (Lipinski definition) is 3. The second-order valence-corrected chi connectivity index (χ2v) is 3.78. The number of carboxylic acid groups (broad SMARTS) is 1. The molecule has 0 aromatic carbocycles. The van der Waals surface area contributed by atoms with Crippen LogP contribution < -0.4 is 5.32 Å². The molecule has 0 aliphatic heterocycles. The first kappa shape index (κ1) is 14.7. The van der Waals surface area contributed by atoms with E-state index in [2.05, 4.69) is 5.32 Å². The number of aliphatic carboxylic acids is 1. The molecule has 19 heavy (non-hydrogen) atoms. The average molecular weight is 270 g/mol. The monoisotopic (exact) mass is 270 g/mol. The zero-order chi connectivity index (χ0) is 14.4. The minimum atomic E-state index is -1.39. The van der Waals surface area contributed by atoms with E-state index in [-0.39, 0.29) is 12.3 Å². The van der Waals surface area contributed by atoms with Gasteiger partial charge in [-0.3, -0.25) is 9.59 Å². The van der Waals surface area contributed by atoms with Crippen molar-refractivity contribution in [2.24, 2.45) is 0 Å². The van der Waals surface area contributed by atoms with Gasteiger partial charge in [-0.2, -0.15) is 0 Å².